The smallest absolute Gasteiger partial charge is 0.124 e. The molecule has 0 spiro atoms. The second-order valence-electron chi connectivity index (χ2n) is 8.24. The molecule has 0 saturated carbocycles. The Balaban J connectivity index is 0.00000117. The number of aromatic amines is 1. The third-order valence-corrected chi connectivity index (χ3v) is 6.21. The summed E-state index contributed by atoms with van der Waals surface area (Å²) in [5.41, 5.74) is 5.05. The largest absolute Gasteiger partial charge is 0.488 e. The van der Waals surface area contributed by atoms with Crippen molar-refractivity contribution >= 4 is 10.9 Å². The van der Waals surface area contributed by atoms with Gasteiger partial charge in [-0.3, -0.25) is 0 Å². The minimum absolute atomic E-state index is 0.0619. The van der Waals surface area contributed by atoms with Gasteiger partial charge in [0, 0.05) is 35.0 Å². The average molecular weight is 394 g/mol. The fourth-order valence-corrected chi connectivity index (χ4v) is 4.11. The first-order chi connectivity index (χ1) is 14.0. The number of hydrogen-bond acceptors (Lipinski definition) is 2. The molecule has 29 heavy (non-hydrogen) atoms. The molecule has 3 aromatic rings. The zero-order valence-electron chi connectivity index (χ0n) is 18.7. The van der Waals surface area contributed by atoms with Crippen LogP contribution >= 0.6 is 0 Å². The molecule has 0 bridgehead atoms. The van der Waals surface area contributed by atoms with E-state index >= 15 is 0 Å². The third kappa shape index (κ3) is 4.20. The van der Waals surface area contributed by atoms with Crippen molar-refractivity contribution in [1.29, 1.82) is 0 Å². The van der Waals surface area contributed by atoms with E-state index < -0.39 is 0 Å². The second kappa shape index (κ2) is 9.04. The van der Waals surface area contributed by atoms with Crippen LogP contribution in [-0.4, -0.2) is 24.3 Å². The fourth-order valence-electron chi connectivity index (χ4n) is 4.11. The lowest BCUT2D eigenvalue weighted by Crippen LogP contribution is -2.29. The third-order valence-electron chi connectivity index (χ3n) is 6.21. The Morgan fingerprint density at radius 3 is 2.45 bits per heavy atom. The first kappa shape index (κ1) is 21.4. The lowest BCUT2D eigenvalue weighted by atomic mass is 9.68. The summed E-state index contributed by atoms with van der Waals surface area (Å²) < 4.78 is 11.5. The average Bonchev–Trinajstić information content (AvgIpc) is 3.39. The number of benzene rings is 2. The highest BCUT2D eigenvalue weighted by molar-refractivity contribution is 5.86. The highest BCUT2D eigenvalue weighted by atomic mass is 16.5. The fraction of sp³-hybridized carbons (Fsp3) is 0.462. The van der Waals surface area contributed by atoms with Gasteiger partial charge >= 0.3 is 0 Å². The van der Waals surface area contributed by atoms with Gasteiger partial charge in [-0.15, -0.1) is 0 Å². The SMILES string of the molecule is CC.Cc1ccc(C(C)(c2c[nH]c3cc(OC4CCOC4)ccc23)C(C)C)cc1. The molecule has 3 nitrogen and oxygen atoms in total. The van der Waals surface area contributed by atoms with Gasteiger partial charge in [0.05, 0.1) is 13.2 Å². The van der Waals surface area contributed by atoms with Crippen LogP contribution in [0.3, 0.4) is 0 Å². The van der Waals surface area contributed by atoms with Crippen molar-refractivity contribution in [2.45, 2.75) is 59.5 Å². The Bertz CT molecular complexity index is 920. The van der Waals surface area contributed by atoms with Crippen LogP contribution in [0.5, 0.6) is 5.75 Å². The van der Waals surface area contributed by atoms with Crippen LogP contribution in [0.4, 0.5) is 0 Å². The molecular formula is C26H35NO2. The van der Waals surface area contributed by atoms with Gasteiger partial charge in [0.25, 0.3) is 0 Å². The number of H-pyrrole nitrogens is 1. The minimum atomic E-state index is -0.0619. The molecule has 1 saturated heterocycles. The van der Waals surface area contributed by atoms with E-state index in [2.05, 4.69) is 81.3 Å². The summed E-state index contributed by atoms with van der Waals surface area (Å²) >= 11 is 0. The predicted octanol–water partition coefficient (Wildman–Crippen LogP) is 6.63. The standard InChI is InChI=1S/C24H29NO2.C2H6/c1-16(2)24(4,18-7-5-17(3)6-8-18)22-14-25-23-13-19(9-10-21(22)23)27-20-11-12-26-15-20;1-2/h5-10,13-14,16,20,25H,11-12,15H2,1-4H3;1-2H3. The van der Waals surface area contributed by atoms with Gasteiger partial charge in [-0.25, -0.2) is 0 Å². The summed E-state index contributed by atoms with van der Waals surface area (Å²) in [4.78, 5) is 3.48. The van der Waals surface area contributed by atoms with Crippen molar-refractivity contribution in [3.8, 4) is 5.75 Å². The number of nitrogens with one attached hydrogen (secondary N) is 1. The Morgan fingerprint density at radius 1 is 1.10 bits per heavy atom. The first-order valence-corrected chi connectivity index (χ1v) is 10.9. The summed E-state index contributed by atoms with van der Waals surface area (Å²) in [7, 11) is 0. The first-order valence-electron chi connectivity index (χ1n) is 10.9. The van der Waals surface area contributed by atoms with E-state index in [1.165, 1.54) is 22.1 Å². The molecule has 1 fully saturated rings. The summed E-state index contributed by atoms with van der Waals surface area (Å²) in [6.07, 6.45) is 3.31. The quantitative estimate of drug-likeness (QED) is 0.528. The van der Waals surface area contributed by atoms with Gasteiger partial charge in [-0.05, 0) is 36.1 Å². The molecule has 1 aromatic heterocycles. The number of aryl methyl sites for hydroxylation is 1. The zero-order chi connectivity index (χ0) is 21.0. The molecule has 4 rings (SSSR count). The van der Waals surface area contributed by atoms with E-state index in [9.17, 15) is 0 Å². The van der Waals surface area contributed by atoms with Crippen molar-refractivity contribution in [2.24, 2.45) is 5.92 Å². The van der Waals surface area contributed by atoms with Crippen molar-refractivity contribution < 1.29 is 9.47 Å². The van der Waals surface area contributed by atoms with E-state index in [4.69, 9.17) is 9.47 Å². The van der Waals surface area contributed by atoms with Crippen molar-refractivity contribution in [1.82, 2.24) is 4.98 Å². The van der Waals surface area contributed by atoms with Crippen LogP contribution in [0.1, 0.15) is 57.7 Å². The van der Waals surface area contributed by atoms with E-state index in [0.29, 0.717) is 12.5 Å². The molecule has 3 heteroatoms. The Hall–Kier alpha value is -2.26. The van der Waals surface area contributed by atoms with E-state index in [0.717, 1.165) is 24.3 Å². The second-order valence-corrected chi connectivity index (χ2v) is 8.24. The topological polar surface area (TPSA) is 34.2 Å². The highest BCUT2D eigenvalue weighted by Gasteiger charge is 2.34. The van der Waals surface area contributed by atoms with Crippen molar-refractivity contribution in [3.05, 3.63) is 65.4 Å². The molecule has 2 atom stereocenters. The molecule has 1 aliphatic rings. The maximum Gasteiger partial charge on any atom is 0.124 e. The molecular weight excluding hydrogens is 358 g/mol. The zero-order valence-corrected chi connectivity index (χ0v) is 18.7. The van der Waals surface area contributed by atoms with Gasteiger partial charge < -0.3 is 14.5 Å². The number of fused-ring (bicyclic) bond motifs is 1. The van der Waals surface area contributed by atoms with E-state index in [1.807, 2.05) is 13.8 Å². The molecule has 2 aromatic carbocycles. The molecule has 156 valence electrons. The summed E-state index contributed by atoms with van der Waals surface area (Å²) in [6.45, 7) is 14.6. The summed E-state index contributed by atoms with van der Waals surface area (Å²) in [5.74, 6) is 1.37. The van der Waals surface area contributed by atoms with Crippen molar-refractivity contribution in [2.75, 3.05) is 13.2 Å². The summed E-state index contributed by atoms with van der Waals surface area (Å²) in [5, 5.41) is 1.27. The molecule has 1 N–H and O–H groups in total. The van der Waals surface area contributed by atoms with Crippen LogP contribution in [0.2, 0.25) is 0 Å². The van der Waals surface area contributed by atoms with Gasteiger partial charge in [-0.2, -0.15) is 0 Å². The Morgan fingerprint density at radius 2 is 1.83 bits per heavy atom. The predicted molar refractivity (Wildman–Crippen MR) is 122 cm³/mol. The van der Waals surface area contributed by atoms with Gasteiger partial charge in [-0.1, -0.05) is 64.4 Å². The number of rotatable bonds is 5. The van der Waals surface area contributed by atoms with Gasteiger partial charge in [0.15, 0.2) is 0 Å². The highest BCUT2D eigenvalue weighted by Crippen LogP contribution is 2.42. The van der Waals surface area contributed by atoms with Crippen LogP contribution in [0.25, 0.3) is 10.9 Å². The molecule has 0 radical (unpaired) electrons. The van der Waals surface area contributed by atoms with Crippen LogP contribution in [0.15, 0.2) is 48.7 Å². The number of hydrogen-bond donors (Lipinski definition) is 1. The van der Waals surface area contributed by atoms with Crippen LogP contribution < -0.4 is 4.74 Å². The van der Waals surface area contributed by atoms with E-state index in [1.54, 1.807) is 0 Å². The molecule has 0 amide bonds. The minimum Gasteiger partial charge on any atom is -0.488 e. The van der Waals surface area contributed by atoms with Crippen LogP contribution in [-0.2, 0) is 10.2 Å². The maximum atomic E-state index is 6.08. The lowest BCUT2D eigenvalue weighted by Gasteiger charge is -2.35. The molecule has 2 unspecified atom stereocenters. The molecule has 0 aliphatic carbocycles. The Labute approximate surface area is 175 Å². The molecule has 1 aliphatic heterocycles. The lowest BCUT2D eigenvalue weighted by molar-refractivity contribution is 0.141. The molecule has 2 heterocycles. The van der Waals surface area contributed by atoms with Crippen molar-refractivity contribution in [3.63, 3.8) is 0 Å². The van der Waals surface area contributed by atoms with E-state index in [-0.39, 0.29) is 11.5 Å². The number of ether oxygens (including phenoxy) is 2. The number of aromatic nitrogens is 1. The van der Waals surface area contributed by atoms with Gasteiger partial charge in [0.2, 0.25) is 0 Å². The normalized spacial score (nSPS) is 18.4. The van der Waals surface area contributed by atoms with Crippen LogP contribution in [0, 0.1) is 12.8 Å². The Kier molecular flexibility index (Phi) is 6.69. The maximum absolute atomic E-state index is 6.08. The monoisotopic (exact) mass is 393 g/mol. The van der Waals surface area contributed by atoms with Gasteiger partial charge in [0.1, 0.15) is 11.9 Å². The summed E-state index contributed by atoms with van der Waals surface area (Å²) in [6, 6.07) is 15.4.